The minimum Gasteiger partial charge on any atom is -0.490 e. The van der Waals surface area contributed by atoms with E-state index in [1.54, 1.807) is 0 Å². The molecule has 0 aromatic heterocycles. The maximum atomic E-state index is 10.00. The fourth-order valence-electron chi connectivity index (χ4n) is 2.03. The van der Waals surface area contributed by atoms with Crippen LogP contribution in [-0.2, 0) is 0 Å². The predicted octanol–water partition coefficient (Wildman–Crippen LogP) is 2.92. The van der Waals surface area contributed by atoms with Crippen molar-refractivity contribution in [1.82, 2.24) is 0 Å². The second-order valence-corrected chi connectivity index (χ2v) is 4.33. The van der Waals surface area contributed by atoms with Crippen molar-refractivity contribution in [2.24, 2.45) is 5.92 Å². The van der Waals surface area contributed by atoms with Crippen LogP contribution in [0.15, 0.2) is 24.3 Å². The molecule has 0 amide bonds. The van der Waals surface area contributed by atoms with Gasteiger partial charge in [0.15, 0.2) is 0 Å². The molecule has 15 heavy (non-hydrogen) atoms. The van der Waals surface area contributed by atoms with Crippen LogP contribution in [-0.4, -0.2) is 11.2 Å². The van der Waals surface area contributed by atoms with Gasteiger partial charge in [-0.2, -0.15) is 0 Å². The Morgan fingerprint density at radius 1 is 1.47 bits per heavy atom. The molecule has 0 fully saturated rings. The number of fused-ring (bicyclic) bond motifs is 1. The smallest absolute Gasteiger partial charge is 0.125 e. The third-order valence-corrected chi connectivity index (χ3v) is 3.29. The standard InChI is InChI=1S/C13H18O2/c1-3-9(2)13-8-11(14)10-6-4-5-7-12(10)15-13/h4-7,9,11,13-14H,3,8H2,1-2H3/t9?,11-,13?/m1/s1. The molecule has 2 heteroatoms. The zero-order valence-corrected chi connectivity index (χ0v) is 9.31. The van der Waals surface area contributed by atoms with Crippen LogP contribution in [0.3, 0.4) is 0 Å². The van der Waals surface area contributed by atoms with Crippen LogP contribution in [0, 0.1) is 5.92 Å². The van der Waals surface area contributed by atoms with Crippen molar-refractivity contribution in [2.75, 3.05) is 0 Å². The second-order valence-electron chi connectivity index (χ2n) is 4.33. The molecule has 2 nitrogen and oxygen atoms in total. The molecule has 0 saturated carbocycles. The lowest BCUT2D eigenvalue weighted by Crippen LogP contribution is -2.31. The molecule has 1 aromatic carbocycles. The minimum atomic E-state index is -0.367. The van der Waals surface area contributed by atoms with Gasteiger partial charge in [-0.1, -0.05) is 38.5 Å². The number of rotatable bonds is 2. The van der Waals surface area contributed by atoms with Crippen molar-refractivity contribution >= 4 is 0 Å². The first-order valence-corrected chi connectivity index (χ1v) is 5.66. The lowest BCUT2D eigenvalue weighted by Gasteiger charge is -2.32. The van der Waals surface area contributed by atoms with Crippen LogP contribution < -0.4 is 4.74 Å². The molecule has 0 spiro atoms. The van der Waals surface area contributed by atoms with E-state index in [2.05, 4.69) is 13.8 Å². The van der Waals surface area contributed by atoms with E-state index in [0.717, 1.165) is 17.7 Å². The number of para-hydroxylation sites is 1. The van der Waals surface area contributed by atoms with Gasteiger partial charge >= 0.3 is 0 Å². The number of aliphatic hydroxyl groups is 1. The van der Waals surface area contributed by atoms with E-state index in [4.69, 9.17) is 4.74 Å². The van der Waals surface area contributed by atoms with Crippen molar-refractivity contribution in [3.63, 3.8) is 0 Å². The molecule has 0 aliphatic carbocycles. The van der Waals surface area contributed by atoms with Gasteiger partial charge in [-0.25, -0.2) is 0 Å². The lowest BCUT2D eigenvalue weighted by molar-refractivity contribution is 0.0375. The van der Waals surface area contributed by atoms with Crippen LogP contribution in [0.2, 0.25) is 0 Å². The SMILES string of the molecule is CCC(C)C1C[C@@H](O)c2ccccc2O1. The summed E-state index contributed by atoms with van der Waals surface area (Å²) in [7, 11) is 0. The Morgan fingerprint density at radius 3 is 2.93 bits per heavy atom. The van der Waals surface area contributed by atoms with Gasteiger partial charge in [-0.15, -0.1) is 0 Å². The summed E-state index contributed by atoms with van der Waals surface area (Å²) >= 11 is 0. The van der Waals surface area contributed by atoms with E-state index in [0.29, 0.717) is 12.3 Å². The average molecular weight is 206 g/mol. The van der Waals surface area contributed by atoms with Gasteiger partial charge in [-0.05, 0) is 12.0 Å². The molecule has 1 heterocycles. The maximum absolute atomic E-state index is 10.00. The van der Waals surface area contributed by atoms with Gasteiger partial charge in [0.05, 0.1) is 6.10 Å². The monoisotopic (exact) mass is 206 g/mol. The summed E-state index contributed by atoms with van der Waals surface area (Å²) in [5.74, 6) is 1.34. The van der Waals surface area contributed by atoms with E-state index < -0.39 is 0 Å². The average Bonchev–Trinajstić information content (AvgIpc) is 2.28. The fraction of sp³-hybridized carbons (Fsp3) is 0.538. The Hall–Kier alpha value is -1.02. The Bertz CT molecular complexity index is 335. The van der Waals surface area contributed by atoms with Crippen LogP contribution in [0.5, 0.6) is 5.75 Å². The maximum Gasteiger partial charge on any atom is 0.125 e. The van der Waals surface area contributed by atoms with Crippen molar-refractivity contribution < 1.29 is 9.84 Å². The Morgan fingerprint density at radius 2 is 2.20 bits per heavy atom. The molecule has 1 aliphatic rings. The zero-order valence-electron chi connectivity index (χ0n) is 9.31. The van der Waals surface area contributed by atoms with Gasteiger partial charge in [0.25, 0.3) is 0 Å². The first-order chi connectivity index (χ1) is 7.22. The van der Waals surface area contributed by atoms with Crippen molar-refractivity contribution in [3.05, 3.63) is 29.8 Å². The molecule has 2 unspecified atom stereocenters. The van der Waals surface area contributed by atoms with Crippen LogP contribution in [0.1, 0.15) is 38.4 Å². The second kappa shape index (κ2) is 4.23. The summed E-state index contributed by atoms with van der Waals surface area (Å²) in [5.41, 5.74) is 0.928. The summed E-state index contributed by atoms with van der Waals surface area (Å²) < 4.78 is 5.90. The molecule has 0 radical (unpaired) electrons. The van der Waals surface area contributed by atoms with Crippen LogP contribution >= 0.6 is 0 Å². The van der Waals surface area contributed by atoms with Crippen molar-refractivity contribution in [3.8, 4) is 5.75 Å². The van der Waals surface area contributed by atoms with Gasteiger partial charge in [0.2, 0.25) is 0 Å². The van der Waals surface area contributed by atoms with Gasteiger partial charge < -0.3 is 9.84 Å². The molecule has 0 bridgehead atoms. The number of benzene rings is 1. The zero-order chi connectivity index (χ0) is 10.8. The predicted molar refractivity (Wildman–Crippen MR) is 59.9 cm³/mol. The molecule has 1 N–H and O–H groups in total. The number of hydrogen-bond donors (Lipinski definition) is 1. The molecular weight excluding hydrogens is 188 g/mol. The number of ether oxygens (including phenoxy) is 1. The van der Waals surface area contributed by atoms with E-state index in [9.17, 15) is 5.11 Å². The largest absolute Gasteiger partial charge is 0.490 e. The van der Waals surface area contributed by atoms with E-state index in [-0.39, 0.29) is 12.2 Å². The van der Waals surface area contributed by atoms with E-state index in [1.807, 2.05) is 24.3 Å². The third-order valence-electron chi connectivity index (χ3n) is 3.29. The van der Waals surface area contributed by atoms with Gasteiger partial charge in [0.1, 0.15) is 11.9 Å². The Balaban J connectivity index is 2.22. The van der Waals surface area contributed by atoms with E-state index in [1.165, 1.54) is 0 Å². The Labute approximate surface area is 90.9 Å². The third kappa shape index (κ3) is 2.00. The first kappa shape index (κ1) is 10.5. The molecular formula is C13H18O2. The summed E-state index contributed by atoms with van der Waals surface area (Å²) in [6.07, 6.45) is 1.58. The summed E-state index contributed by atoms with van der Waals surface area (Å²) in [4.78, 5) is 0. The van der Waals surface area contributed by atoms with Crippen LogP contribution in [0.4, 0.5) is 0 Å². The highest BCUT2D eigenvalue weighted by Gasteiger charge is 2.29. The molecule has 1 aliphatic heterocycles. The molecule has 82 valence electrons. The van der Waals surface area contributed by atoms with Crippen molar-refractivity contribution in [1.29, 1.82) is 0 Å². The minimum absolute atomic E-state index is 0.153. The van der Waals surface area contributed by atoms with Crippen LogP contribution in [0.25, 0.3) is 0 Å². The normalized spacial score (nSPS) is 26.6. The summed E-state index contributed by atoms with van der Waals surface area (Å²) in [6.45, 7) is 4.33. The molecule has 0 saturated heterocycles. The molecule has 3 atom stereocenters. The van der Waals surface area contributed by atoms with Crippen molar-refractivity contribution in [2.45, 2.75) is 38.9 Å². The topological polar surface area (TPSA) is 29.5 Å². The highest BCUT2D eigenvalue weighted by atomic mass is 16.5. The highest BCUT2D eigenvalue weighted by Crippen LogP contribution is 2.36. The summed E-state index contributed by atoms with van der Waals surface area (Å²) in [5, 5.41) is 10.00. The summed E-state index contributed by atoms with van der Waals surface area (Å²) in [6, 6.07) is 7.76. The molecule has 1 aromatic rings. The van der Waals surface area contributed by atoms with Gasteiger partial charge in [-0.3, -0.25) is 0 Å². The number of aliphatic hydroxyl groups excluding tert-OH is 1. The first-order valence-electron chi connectivity index (χ1n) is 5.66. The van der Waals surface area contributed by atoms with Gasteiger partial charge in [0, 0.05) is 12.0 Å². The fourth-order valence-corrected chi connectivity index (χ4v) is 2.03. The molecule has 2 rings (SSSR count). The quantitative estimate of drug-likeness (QED) is 0.806. The lowest BCUT2D eigenvalue weighted by atomic mass is 9.91. The van der Waals surface area contributed by atoms with E-state index >= 15 is 0 Å². The highest BCUT2D eigenvalue weighted by molar-refractivity contribution is 5.36. The Kier molecular flexibility index (Phi) is 2.96. The number of hydrogen-bond acceptors (Lipinski definition) is 2.